The van der Waals surface area contributed by atoms with Crippen LogP contribution in [0.15, 0.2) is 54.6 Å². The van der Waals surface area contributed by atoms with Gasteiger partial charge in [-0.15, -0.1) is 0 Å². The first kappa shape index (κ1) is 23.9. The summed E-state index contributed by atoms with van der Waals surface area (Å²) in [6.07, 6.45) is 5.23. The number of aliphatic hydroxyl groups excluding tert-OH is 1. The molecule has 2 fully saturated rings. The summed E-state index contributed by atoms with van der Waals surface area (Å²) in [5, 5.41) is 25.4. The van der Waals surface area contributed by atoms with E-state index in [4.69, 9.17) is 0 Å². The molecule has 0 radical (unpaired) electrons. The van der Waals surface area contributed by atoms with Crippen molar-refractivity contribution in [2.75, 3.05) is 0 Å². The van der Waals surface area contributed by atoms with Crippen LogP contribution in [-0.2, 0) is 16.0 Å². The number of benzene rings is 1. The fourth-order valence-electron chi connectivity index (χ4n) is 6.73. The molecule has 1 heterocycles. The van der Waals surface area contributed by atoms with Crippen molar-refractivity contribution in [2.24, 2.45) is 29.1 Å². The highest BCUT2D eigenvalue weighted by Crippen LogP contribution is 2.57. The third-order valence-corrected chi connectivity index (χ3v) is 8.34. The summed E-state index contributed by atoms with van der Waals surface area (Å²) < 4.78 is 0. The zero-order chi connectivity index (χ0) is 24.0. The van der Waals surface area contributed by atoms with Gasteiger partial charge in [-0.1, -0.05) is 62.9 Å². The predicted octanol–water partition coefficient (Wildman–Crippen LogP) is 3.60. The zero-order valence-electron chi connectivity index (χ0n) is 20.0. The van der Waals surface area contributed by atoms with E-state index in [1.807, 2.05) is 49.4 Å². The lowest BCUT2D eigenvalue weighted by molar-refractivity contribution is -0.152. The summed E-state index contributed by atoms with van der Waals surface area (Å²) in [5.74, 6) is -1.42. The topological polar surface area (TPSA) is 86.6 Å². The van der Waals surface area contributed by atoms with Gasteiger partial charge in [0, 0.05) is 24.3 Å². The first-order valence-corrected chi connectivity index (χ1v) is 12.2. The number of hydrogen-bond acceptors (Lipinski definition) is 4. The summed E-state index contributed by atoms with van der Waals surface area (Å²) in [7, 11) is 0. The molecule has 1 aromatic carbocycles. The van der Waals surface area contributed by atoms with Crippen LogP contribution in [0, 0.1) is 29.1 Å². The highest BCUT2D eigenvalue weighted by atomic mass is 16.3. The van der Waals surface area contributed by atoms with E-state index in [0.717, 1.165) is 5.56 Å². The molecule has 1 aromatic rings. The van der Waals surface area contributed by atoms with Gasteiger partial charge in [-0.25, -0.2) is 0 Å². The van der Waals surface area contributed by atoms with Crippen molar-refractivity contribution in [1.29, 1.82) is 0 Å². The van der Waals surface area contributed by atoms with Gasteiger partial charge in [-0.05, 0) is 55.6 Å². The number of rotatable bonds is 2. The SMILES string of the molecule is C=C1[C@@H](O)[C@@H]2C=CC[C@H](C)C[C@](C)(O)CCC(=O)[C@]23C(=O)N[C@@H](Cc2ccccc2)[C@@H]3[C@H]1C. The molecule has 8 atom stereocenters. The van der Waals surface area contributed by atoms with Gasteiger partial charge in [0.2, 0.25) is 5.91 Å². The molecule has 0 unspecified atom stereocenters. The monoisotopic (exact) mass is 451 g/mol. The molecule has 1 saturated carbocycles. The Kier molecular flexibility index (Phi) is 6.41. The van der Waals surface area contributed by atoms with Gasteiger partial charge >= 0.3 is 0 Å². The first-order chi connectivity index (χ1) is 15.6. The molecule has 1 amide bonds. The minimum Gasteiger partial charge on any atom is -0.390 e. The molecular formula is C28H37NO4. The van der Waals surface area contributed by atoms with Crippen LogP contribution in [0.2, 0.25) is 0 Å². The largest absolute Gasteiger partial charge is 0.390 e. The molecule has 0 aromatic heterocycles. The van der Waals surface area contributed by atoms with E-state index in [1.165, 1.54) is 0 Å². The van der Waals surface area contributed by atoms with E-state index in [0.29, 0.717) is 31.3 Å². The Balaban J connectivity index is 1.82. The molecule has 3 N–H and O–H groups in total. The van der Waals surface area contributed by atoms with Gasteiger partial charge in [-0.2, -0.15) is 0 Å². The second-order valence-corrected chi connectivity index (χ2v) is 10.9. The second-order valence-electron chi connectivity index (χ2n) is 10.9. The Morgan fingerprint density at radius 1 is 1.18 bits per heavy atom. The lowest BCUT2D eigenvalue weighted by atomic mass is 9.51. The average molecular weight is 452 g/mol. The molecule has 1 aliphatic heterocycles. The van der Waals surface area contributed by atoms with E-state index in [9.17, 15) is 19.8 Å². The molecule has 4 rings (SSSR count). The fourth-order valence-corrected chi connectivity index (χ4v) is 6.73. The Hall–Kier alpha value is -2.24. The number of ketones is 1. The summed E-state index contributed by atoms with van der Waals surface area (Å²) in [5.41, 5.74) is -0.561. The third-order valence-electron chi connectivity index (χ3n) is 8.34. The van der Waals surface area contributed by atoms with Crippen molar-refractivity contribution < 1.29 is 19.8 Å². The van der Waals surface area contributed by atoms with Gasteiger partial charge in [0.1, 0.15) is 11.2 Å². The van der Waals surface area contributed by atoms with Crippen molar-refractivity contribution >= 4 is 11.7 Å². The van der Waals surface area contributed by atoms with E-state index in [1.54, 1.807) is 6.92 Å². The van der Waals surface area contributed by atoms with Crippen LogP contribution < -0.4 is 5.32 Å². The number of Topliss-reactive ketones (excluding diaryl/α,β-unsaturated/α-hetero) is 1. The van der Waals surface area contributed by atoms with Crippen LogP contribution in [0.3, 0.4) is 0 Å². The van der Waals surface area contributed by atoms with E-state index in [-0.39, 0.29) is 41.9 Å². The lowest BCUT2D eigenvalue weighted by Gasteiger charge is -2.49. The van der Waals surface area contributed by atoms with Crippen molar-refractivity contribution in [3.63, 3.8) is 0 Å². The molecule has 178 valence electrons. The number of carbonyl (C=O) groups excluding carboxylic acids is 2. The fraction of sp³-hybridized carbons (Fsp3) is 0.571. The van der Waals surface area contributed by atoms with Crippen LogP contribution >= 0.6 is 0 Å². The van der Waals surface area contributed by atoms with Crippen LogP contribution in [0.25, 0.3) is 0 Å². The van der Waals surface area contributed by atoms with Crippen molar-refractivity contribution in [1.82, 2.24) is 5.32 Å². The van der Waals surface area contributed by atoms with E-state index < -0.39 is 23.0 Å². The van der Waals surface area contributed by atoms with Gasteiger partial charge in [0.05, 0.1) is 11.7 Å². The minimum atomic E-state index is -1.36. The molecule has 1 spiro atoms. The van der Waals surface area contributed by atoms with Crippen molar-refractivity contribution in [3.05, 3.63) is 60.2 Å². The quantitative estimate of drug-likeness (QED) is 0.474. The first-order valence-electron chi connectivity index (χ1n) is 12.2. The summed E-state index contributed by atoms with van der Waals surface area (Å²) in [6.45, 7) is 10.0. The number of allylic oxidation sites excluding steroid dienone is 1. The Bertz CT molecular complexity index is 952. The molecule has 5 heteroatoms. The smallest absolute Gasteiger partial charge is 0.235 e. The van der Waals surface area contributed by atoms with E-state index in [2.05, 4.69) is 18.8 Å². The number of amides is 1. The van der Waals surface area contributed by atoms with Crippen molar-refractivity contribution in [3.8, 4) is 0 Å². The highest BCUT2D eigenvalue weighted by molar-refractivity contribution is 6.09. The van der Waals surface area contributed by atoms with Gasteiger partial charge in [-0.3, -0.25) is 9.59 Å². The molecule has 1 saturated heterocycles. The van der Waals surface area contributed by atoms with Crippen LogP contribution in [-0.4, -0.2) is 39.7 Å². The van der Waals surface area contributed by atoms with E-state index >= 15 is 0 Å². The van der Waals surface area contributed by atoms with Crippen LogP contribution in [0.1, 0.15) is 52.0 Å². The molecule has 2 aliphatic carbocycles. The average Bonchev–Trinajstić information content (AvgIpc) is 3.04. The number of carbonyl (C=O) groups is 2. The minimum absolute atomic E-state index is 0.109. The number of nitrogens with one attached hydrogen (secondary N) is 1. The maximum atomic E-state index is 14.0. The maximum absolute atomic E-state index is 14.0. The molecular weight excluding hydrogens is 414 g/mol. The molecule has 3 aliphatic rings. The number of hydrogen-bond donors (Lipinski definition) is 3. The Morgan fingerprint density at radius 3 is 2.58 bits per heavy atom. The second kappa shape index (κ2) is 8.84. The summed E-state index contributed by atoms with van der Waals surface area (Å²) >= 11 is 0. The zero-order valence-corrected chi connectivity index (χ0v) is 20.0. The predicted molar refractivity (Wildman–Crippen MR) is 128 cm³/mol. The Morgan fingerprint density at radius 2 is 1.88 bits per heavy atom. The normalized spacial score (nSPS) is 41.7. The third kappa shape index (κ3) is 4.10. The highest BCUT2D eigenvalue weighted by Gasteiger charge is 2.68. The van der Waals surface area contributed by atoms with Gasteiger partial charge in [0.15, 0.2) is 0 Å². The molecule has 5 nitrogen and oxygen atoms in total. The van der Waals surface area contributed by atoms with Crippen LogP contribution in [0.4, 0.5) is 0 Å². The number of aliphatic hydroxyl groups is 2. The molecule has 33 heavy (non-hydrogen) atoms. The summed E-state index contributed by atoms with van der Waals surface area (Å²) in [6, 6.07) is 9.74. The van der Waals surface area contributed by atoms with Crippen LogP contribution in [0.5, 0.6) is 0 Å². The lowest BCUT2D eigenvalue weighted by Crippen LogP contribution is -2.58. The maximum Gasteiger partial charge on any atom is 0.235 e. The van der Waals surface area contributed by atoms with Gasteiger partial charge in [0.25, 0.3) is 0 Å². The van der Waals surface area contributed by atoms with Crippen molar-refractivity contribution in [2.45, 2.75) is 70.6 Å². The summed E-state index contributed by atoms with van der Waals surface area (Å²) in [4.78, 5) is 27.8. The standard InChI is InChI=1S/C28H37NO4/c1-17-9-8-12-21-25(31)19(3)18(2)24-22(15-20-10-6-5-7-11-20)29-26(32)28(21,24)23(30)13-14-27(4,33)16-17/h5-8,10-12,17-18,21-22,24-25,31,33H,3,9,13-16H2,1-2,4H3,(H,29,32)/t17-,18-,21-,22-,24-,25+,27+,28+/m0/s1. The Labute approximate surface area is 197 Å². The molecule has 0 bridgehead atoms. The van der Waals surface area contributed by atoms with Gasteiger partial charge < -0.3 is 15.5 Å².